The minimum atomic E-state index is -0.0399. The predicted molar refractivity (Wildman–Crippen MR) is 61.6 cm³/mol. The van der Waals surface area contributed by atoms with Crippen LogP contribution in [-0.4, -0.2) is 41.4 Å². The van der Waals surface area contributed by atoms with Crippen LogP contribution in [-0.2, 0) is 9.59 Å². The summed E-state index contributed by atoms with van der Waals surface area (Å²) in [6.45, 7) is 3.07. The van der Waals surface area contributed by atoms with E-state index in [1.54, 1.807) is 16.7 Å². The van der Waals surface area contributed by atoms with Gasteiger partial charge in [0.1, 0.15) is 6.54 Å². The topological polar surface area (TPSA) is 49.4 Å². The zero-order valence-corrected chi connectivity index (χ0v) is 9.94. The Morgan fingerprint density at radius 2 is 2.33 bits per heavy atom. The van der Waals surface area contributed by atoms with Gasteiger partial charge in [-0.1, -0.05) is 19.8 Å². The number of nitrogens with one attached hydrogen (secondary N) is 1. The molecule has 86 valence electrons. The average molecular weight is 230 g/mol. The monoisotopic (exact) mass is 230 g/mol. The van der Waals surface area contributed by atoms with Crippen LogP contribution in [0, 0.1) is 0 Å². The number of carbonyl (C=O) groups excluding carboxylic acids is 2. The van der Waals surface area contributed by atoms with Crippen molar-refractivity contribution in [3.8, 4) is 0 Å². The number of nitrogens with zero attached hydrogens (tertiary/aromatic N) is 1. The largest absolute Gasteiger partial charge is 0.355 e. The number of hydrogen-bond acceptors (Lipinski definition) is 3. The van der Waals surface area contributed by atoms with Crippen molar-refractivity contribution in [3.63, 3.8) is 0 Å². The first-order valence-electron chi connectivity index (χ1n) is 5.36. The molecule has 1 aliphatic rings. The van der Waals surface area contributed by atoms with E-state index in [9.17, 15) is 9.59 Å². The highest BCUT2D eigenvalue weighted by Crippen LogP contribution is 2.13. The normalized spacial score (nSPS) is 15.8. The quantitative estimate of drug-likeness (QED) is 0.687. The maximum atomic E-state index is 11.4. The minimum absolute atomic E-state index is 0.0399. The lowest BCUT2D eigenvalue weighted by atomic mass is 10.2. The van der Waals surface area contributed by atoms with E-state index >= 15 is 0 Å². The molecule has 2 amide bonds. The number of rotatable bonds is 6. The van der Waals surface area contributed by atoms with Gasteiger partial charge in [-0.3, -0.25) is 9.59 Å². The van der Waals surface area contributed by atoms with Gasteiger partial charge in [-0.05, 0) is 6.42 Å². The molecule has 1 N–H and O–H groups in total. The Balaban J connectivity index is 2.10. The highest BCUT2D eigenvalue weighted by molar-refractivity contribution is 8.00. The SMILES string of the molecule is CCCCCNC(=O)CN1CSCC1=O. The molecule has 0 aromatic carbocycles. The molecule has 5 heteroatoms. The molecule has 1 heterocycles. The summed E-state index contributed by atoms with van der Waals surface area (Å²) in [4.78, 5) is 24.2. The molecule has 1 aliphatic heterocycles. The van der Waals surface area contributed by atoms with E-state index in [1.807, 2.05) is 0 Å². The summed E-state index contributed by atoms with van der Waals surface area (Å²) in [7, 11) is 0. The van der Waals surface area contributed by atoms with Crippen LogP contribution in [0.3, 0.4) is 0 Å². The third kappa shape index (κ3) is 4.55. The average Bonchev–Trinajstić information content (AvgIpc) is 2.59. The second kappa shape index (κ2) is 6.71. The molecule has 1 saturated heterocycles. The molecule has 0 bridgehead atoms. The van der Waals surface area contributed by atoms with E-state index in [2.05, 4.69) is 12.2 Å². The summed E-state index contributed by atoms with van der Waals surface area (Å²) in [5, 5.41) is 2.82. The van der Waals surface area contributed by atoms with Gasteiger partial charge >= 0.3 is 0 Å². The smallest absolute Gasteiger partial charge is 0.239 e. The van der Waals surface area contributed by atoms with Gasteiger partial charge in [-0.25, -0.2) is 0 Å². The van der Waals surface area contributed by atoms with Crippen molar-refractivity contribution in [1.82, 2.24) is 10.2 Å². The third-order valence-corrected chi connectivity index (χ3v) is 3.21. The highest BCUT2D eigenvalue weighted by atomic mass is 32.2. The van der Waals surface area contributed by atoms with Crippen molar-refractivity contribution in [2.24, 2.45) is 0 Å². The van der Waals surface area contributed by atoms with E-state index in [4.69, 9.17) is 0 Å². The minimum Gasteiger partial charge on any atom is -0.355 e. The summed E-state index contributed by atoms with van der Waals surface area (Å²) in [5.74, 6) is 1.20. The molecular weight excluding hydrogens is 212 g/mol. The standard InChI is InChI=1S/C10H18N2O2S/c1-2-3-4-5-11-9(13)6-12-8-15-7-10(12)14/h2-8H2,1H3,(H,11,13). The fourth-order valence-corrected chi connectivity index (χ4v) is 2.28. The number of amides is 2. The van der Waals surface area contributed by atoms with Crippen molar-refractivity contribution in [2.75, 3.05) is 24.7 Å². The van der Waals surface area contributed by atoms with E-state index in [-0.39, 0.29) is 18.4 Å². The first-order valence-corrected chi connectivity index (χ1v) is 6.51. The molecule has 1 rings (SSSR count). The molecular formula is C10H18N2O2S. The Bertz CT molecular complexity index is 233. The Morgan fingerprint density at radius 3 is 2.93 bits per heavy atom. The van der Waals surface area contributed by atoms with Crippen LogP contribution in [0.1, 0.15) is 26.2 Å². The Labute approximate surface area is 94.8 Å². The molecule has 0 atom stereocenters. The molecule has 1 fully saturated rings. The maximum Gasteiger partial charge on any atom is 0.239 e. The first kappa shape index (κ1) is 12.4. The highest BCUT2D eigenvalue weighted by Gasteiger charge is 2.22. The van der Waals surface area contributed by atoms with E-state index < -0.39 is 0 Å². The van der Waals surface area contributed by atoms with Crippen LogP contribution in [0.25, 0.3) is 0 Å². The first-order chi connectivity index (χ1) is 7.24. The number of unbranched alkanes of at least 4 members (excludes halogenated alkanes) is 2. The van der Waals surface area contributed by atoms with Crippen molar-refractivity contribution in [3.05, 3.63) is 0 Å². The molecule has 15 heavy (non-hydrogen) atoms. The second-order valence-electron chi connectivity index (χ2n) is 3.63. The molecule has 4 nitrogen and oxygen atoms in total. The van der Waals surface area contributed by atoms with Gasteiger partial charge < -0.3 is 10.2 Å². The Hall–Kier alpha value is -0.710. The van der Waals surface area contributed by atoms with Crippen LogP contribution < -0.4 is 5.32 Å². The molecule has 0 radical (unpaired) electrons. The number of thioether (sulfide) groups is 1. The predicted octanol–water partition coefficient (Wildman–Crippen LogP) is 0.826. The summed E-state index contributed by atoms with van der Waals surface area (Å²) in [6.07, 6.45) is 3.31. The van der Waals surface area contributed by atoms with Gasteiger partial charge in [0, 0.05) is 6.54 Å². The van der Waals surface area contributed by atoms with Crippen LogP contribution in [0.2, 0.25) is 0 Å². The molecule has 0 aromatic rings. The van der Waals surface area contributed by atoms with Crippen molar-refractivity contribution in [1.29, 1.82) is 0 Å². The summed E-state index contributed by atoms with van der Waals surface area (Å²) in [6, 6.07) is 0. The van der Waals surface area contributed by atoms with E-state index in [1.165, 1.54) is 0 Å². The molecule has 0 unspecified atom stereocenters. The molecule has 0 aromatic heterocycles. The van der Waals surface area contributed by atoms with Gasteiger partial charge in [-0.2, -0.15) is 0 Å². The fraction of sp³-hybridized carbons (Fsp3) is 0.800. The van der Waals surface area contributed by atoms with Gasteiger partial charge in [-0.15, -0.1) is 11.8 Å². The Morgan fingerprint density at radius 1 is 1.53 bits per heavy atom. The zero-order valence-electron chi connectivity index (χ0n) is 9.12. The Kier molecular flexibility index (Phi) is 5.53. The summed E-state index contributed by atoms with van der Waals surface area (Å²) < 4.78 is 0. The van der Waals surface area contributed by atoms with Crippen molar-refractivity contribution in [2.45, 2.75) is 26.2 Å². The summed E-state index contributed by atoms with van der Waals surface area (Å²) >= 11 is 1.56. The van der Waals surface area contributed by atoms with Gasteiger partial charge in [0.2, 0.25) is 11.8 Å². The van der Waals surface area contributed by atoms with Gasteiger partial charge in [0.25, 0.3) is 0 Å². The fourth-order valence-electron chi connectivity index (χ4n) is 1.37. The van der Waals surface area contributed by atoms with Gasteiger partial charge in [0.15, 0.2) is 0 Å². The van der Waals surface area contributed by atoms with Crippen LogP contribution in [0.5, 0.6) is 0 Å². The van der Waals surface area contributed by atoms with Gasteiger partial charge in [0.05, 0.1) is 11.6 Å². The van der Waals surface area contributed by atoms with E-state index in [0.29, 0.717) is 11.6 Å². The lowest BCUT2D eigenvalue weighted by Crippen LogP contribution is -2.38. The van der Waals surface area contributed by atoms with Crippen LogP contribution >= 0.6 is 11.8 Å². The number of carbonyl (C=O) groups is 2. The summed E-state index contributed by atoms with van der Waals surface area (Å²) in [5.41, 5.74) is 0. The van der Waals surface area contributed by atoms with Crippen molar-refractivity contribution < 1.29 is 9.59 Å². The zero-order chi connectivity index (χ0) is 11.1. The maximum absolute atomic E-state index is 11.4. The van der Waals surface area contributed by atoms with Crippen LogP contribution in [0.15, 0.2) is 0 Å². The molecule has 0 aliphatic carbocycles. The number of hydrogen-bond donors (Lipinski definition) is 1. The lowest BCUT2D eigenvalue weighted by Gasteiger charge is -2.13. The second-order valence-corrected chi connectivity index (χ2v) is 4.58. The lowest BCUT2D eigenvalue weighted by molar-refractivity contribution is -0.132. The molecule has 0 saturated carbocycles. The van der Waals surface area contributed by atoms with Crippen molar-refractivity contribution >= 4 is 23.6 Å². The molecule has 0 spiro atoms. The third-order valence-electron chi connectivity index (χ3n) is 2.26. The van der Waals surface area contributed by atoms with Crippen LogP contribution in [0.4, 0.5) is 0 Å². The van der Waals surface area contributed by atoms with E-state index in [0.717, 1.165) is 25.8 Å².